The van der Waals surface area contributed by atoms with E-state index in [9.17, 15) is 18.0 Å². The molecule has 0 spiro atoms. The Hall–Kier alpha value is -3.17. The number of alkyl halides is 3. The van der Waals surface area contributed by atoms with Crippen LogP contribution in [0.4, 0.5) is 19.0 Å². The van der Waals surface area contributed by atoms with Crippen molar-refractivity contribution in [2.45, 2.75) is 32.6 Å². The third kappa shape index (κ3) is 4.33. The summed E-state index contributed by atoms with van der Waals surface area (Å²) in [6.45, 7) is 3.63. The number of benzene rings is 1. The van der Waals surface area contributed by atoms with Gasteiger partial charge in [0, 0.05) is 11.8 Å². The van der Waals surface area contributed by atoms with Crippen molar-refractivity contribution in [3.63, 3.8) is 0 Å². The molecular formula is C17H17F3N6O. The number of nitrogens with zero attached hydrogens (tertiary/aromatic N) is 5. The standard InChI is InChI=1S/C17H17F3N6O/c1-11(2)26-21-9-15(24-26)22-16(27)10-25-8-7-14(23-25)12-5-3-4-6-13(12)17(18,19)20/h3-9,11H,10H2,1-2H3,(H,22,24,27). The Morgan fingerprint density at radius 2 is 1.93 bits per heavy atom. The zero-order valence-electron chi connectivity index (χ0n) is 14.6. The summed E-state index contributed by atoms with van der Waals surface area (Å²) in [4.78, 5) is 13.6. The molecule has 2 heterocycles. The van der Waals surface area contributed by atoms with Gasteiger partial charge in [0.15, 0.2) is 5.82 Å². The lowest BCUT2D eigenvalue weighted by Gasteiger charge is -2.10. The highest BCUT2D eigenvalue weighted by Gasteiger charge is 2.33. The molecule has 0 aliphatic heterocycles. The number of hydrogen-bond donors (Lipinski definition) is 1. The van der Waals surface area contributed by atoms with E-state index in [1.807, 2.05) is 13.8 Å². The first-order valence-corrected chi connectivity index (χ1v) is 8.16. The van der Waals surface area contributed by atoms with Crippen molar-refractivity contribution < 1.29 is 18.0 Å². The molecule has 0 saturated carbocycles. The largest absolute Gasteiger partial charge is 0.417 e. The van der Waals surface area contributed by atoms with Crippen molar-refractivity contribution >= 4 is 11.7 Å². The van der Waals surface area contributed by atoms with E-state index in [4.69, 9.17) is 0 Å². The van der Waals surface area contributed by atoms with Gasteiger partial charge >= 0.3 is 6.18 Å². The van der Waals surface area contributed by atoms with Crippen LogP contribution in [0.15, 0.2) is 42.7 Å². The van der Waals surface area contributed by atoms with Crippen molar-refractivity contribution in [1.82, 2.24) is 24.8 Å². The highest BCUT2D eigenvalue weighted by molar-refractivity contribution is 5.89. The SMILES string of the molecule is CC(C)n1ncc(NC(=O)Cn2ccc(-c3ccccc3C(F)(F)F)n2)n1. The van der Waals surface area contributed by atoms with Gasteiger partial charge in [0.1, 0.15) is 6.54 Å². The monoisotopic (exact) mass is 378 g/mol. The number of halogens is 3. The highest BCUT2D eigenvalue weighted by Crippen LogP contribution is 2.36. The van der Waals surface area contributed by atoms with Gasteiger partial charge in [-0.05, 0) is 26.0 Å². The minimum atomic E-state index is -4.49. The Morgan fingerprint density at radius 3 is 2.59 bits per heavy atom. The minimum Gasteiger partial charge on any atom is -0.306 e. The van der Waals surface area contributed by atoms with Gasteiger partial charge < -0.3 is 5.32 Å². The molecule has 10 heteroatoms. The number of hydrogen-bond acceptors (Lipinski definition) is 4. The number of carbonyl (C=O) groups is 1. The maximum absolute atomic E-state index is 13.1. The van der Waals surface area contributed by atoms with E-state index < -0.39 is 17.6 Å². The molecule has 3 aromatic rings. The first-order chi connectivity index (χ1) is 12.7. The van der Waals surface area contributed by atoms with Gasteiger partial charge in [-0.2, -0.15) is 28.2 Å². The van der Waals surface area contributed by atoms with E-state index in [-0.39, 0.29) is 23.8 Å². The Morgan fingerprint density at radius 1 is 1.19 bits per heavy atom. The molecule has 2 aromatic heterocycles. The van der Waals surface area contributed by atoms with Crippen LogP contribution in [0.1, 0.15) is 25.5 Å². The molecule has 0 bridgehead atoms. The topological polar surface area (TPSA) is 77.6 Å². The molecule has 0 radical (unpaired) electrons. The second-order valence-electron chi connectivity index (χ2n) is 6.13. The Labute approximate surface area is 152 Å². The molecule has 1 amide bonds. The van der Waals surface area contributed by atoms with Gasteiger partial charge in [0.25, 0.3) is 0 Å². The van der Waals surface area contributed by atoms with Crippen LogP contribution >= 0.6 is 0 Å². The average molecular weight is 378 g/mol. The molecule has 0 unspecified atom stereocenters. The lowest BCUT2D eigenvalue weighted by atomic mass is 10.0. The molecule has 0 fully saturated rings. The average Bonchev–Trinajstić information content (AvgIpc) is 3.23. The summed E-state index contributed by atoms with van der Waals surface area (Å²) in [5, 5.41) is 14.8. The number of nitrogens with one attached hydrogen (secondary N) is 1. The van der Waals surface area contributed by atoms with Crippen LogP contribution in [0.3, 0.4) is 0 Å². The number of carbonyl (C=O) groups excluding carboxylic acids is 1. The van der Waals surface area contributed by atoms with E-state index in [1.165, 1.54) is 46.1 Å². The fourth-order valence-corrected chi connectivity index (χ4v) is 2.46. The molecule has 0 aliphatic carbocycles. The first kappa shape index (κ1) is 18.6. The maximum Gasteiger partial charge on any atom is 0.417 e. The van der Waals surface area contributed by atoms with Gasteiger partial charge in [-0.3, -0.25) is 9.48 Å². The molecule has 0 atom stereocenters. The van der Waals surface area contributed by atoms with E-state index in [0.29, 0.717) is 5.82 Å². The fourth-order valence-electron chi connectivity index (χ4n) is 2.46. The predicted molar refractivity (Wildman–Crippen MR) is 91.7 cm³/mol. The lowest BCUT2D eigenvalue weighted by Crippen LogP contribution is -2.19. The number of amides is 1. The summed E-state index contributed by atoms with van der Waals surface area (Å²) in [6.07, 6.45) is -1.61. The number of rotatable bonds is 5. The smallest absolute Gasteiger partial charge is 0.306 e. The van der Waals surface area contributed by atoms with E-state index in [0.717, 1.165) is 6.07 Å². The van der Waals surface area contributed by atoms with Crippen LogP contribution in [-0.4, -0.2) is 30.7 Å². The Bertz CT molecular complexity index is 944. The quantitative estimate of drug-likeness (QED) is 0.738. The first-order valence-electron chi connectivity index (χ1n) is 8.16. The Balaban J connectivity index is 1.72. The Kier molecular flexibility index (Phi) is 4.98. The zero-order chi connectivity index (χ0) is 19.6. The molecule has 0 saturated heterocycles. The van der Waals surface area contributed by atoms with Crippen molar-refractivity contribution in [3.05, 3.63) is 48.3 Å². The van der Waals surface area contributed by atoms with Crippen LogP contribution in [0.5, 0.6) is 0 Å². The van der Waals surface area contributed by atoms with Crippen molar-refractivity contribution in [1.29, 1.82) is 0 Å². The van der Waals surface area contributed by atoms with Gasteiger partial charge in [0.2, 0.25) is 5.91 Å². The number of anilines is 1. The molecule has 1 N–H and O–H groups in total. The second-order valence-corrected chi connectivity index (χ2v) is 6.13. The van der Waals surface area contributed by atoms with Crippen LogP contribution in [0.2, 0.25) is 0 Å². The summed E-state index contributed by atoms with van der Waals surface area (Å²) < 4.78 is 40.7. The molecule has 3 rings (SSSR count). The van der Waals surface area contributed by atoms with Crippen molar-refractivity contribution in [2.24, 2.45) is 0 Å². The van der Waals surface area contributed by atoms with Crippen LogP contribution in [-0.2, 0) is 17.5 Å². The van der Waals surface area contributed by atoms with Crippen LogP contribution < -0.4 is 5.32 Å². The van der Waals surface area contributed by atoms with E-state index >= 15 is 0 Å². The molecule has 7 nitrogen and oxygen atoms in total. The minimum absolute atomic E-state index is 0.0379. The highest BCUT2D eigenvalue weighted by atomic mass is 19.4. The summed E-state index contributed by atoms with van der Waals surface area (Å²) in [5.41, 5.74) is -0.671. The molecule has 1 aromatic carbocycles. The van der Waals surface area contributed by atoms with Crippen molar-refractivity contribution in [3.8, 4) is 11.3 Å². The maximum atomic E-state index is 13.1. The van der Waals surface area contributed by atoms with Crippen LogP contribution in [0, 0.1) is 0 Å². The van der Waals surface area contributed by atoms with Gasteiger partial charge in [-0.15, -0.1) is 5.10 Å². The molecule has 27 heavy (non-hydrogen) atoms. The zero-order valence-corrected chi connectivity index (χ0v) is 14.6. The fraction of sp³-hybridized carbons (Fsp3) is 0.294. The summed E-state index contributed by atoms with van der Waals surface area (Å²) >= 11 is 0. The number of aromatic nitrogens is 5. The van der Waals surface area contributed by atoms with E-state index in [1.54, 1.807) is 0 Å². The van der Waals surface area contributed by atoms with E-state index in [2.05, 4.69) is 20.6 Å². The summed E-state index contributed by atoms with van der Waals surface area (Å²) in [7, 11) is 0. The normalized spacial score (nSPS) is 11.8. The predicted octanol–water partition coefficient (Wildman–Crippen LogP) is 3.38. The van der Waals surface area contributed by atoms with Crippen LogP contribution in [0.25, 0.3) is 11.3 Å². The summed E-state index contributed by atoms with van der Waals surface area (Å²) in [5.74, 6) is -0.118. The third-order valence-corrected chi connectivity index (χ3v) is 3.69. The molecule has 142 valence electrons. The summed E-state index contributed by atoms with van der Waals surface area (Å²) in [6, 6.07) is 6.67. The third-order valence-electron chi connectivity index (χ3n) is 3.69. The van der Waals surface area contributed by atoms with Crippen molar-refractivity contribution in [2.75, 3.05) is 5.32 Å². The molecular weight excluding hydrogens is 361 g/mol. The second kappa shape index (κ2) is 7.22. The lowest BCUT2D eigenvalue weighted by molar-refractivity contribution is -0.137. The van der Waals surface area contributed by atoms with Gasteiger partial charge in [0.05, 0.1) is 23.5 Å². The molecule has 0 aliphatic rings. The van der Waals surface area contributed by atoms with Gasteiger partial charge in [-0.1, -0.05) is 18.2 Å². The van der Waals surface area contributed by atoms with Gasteiger partial charge in [-0.25, -0.2) is 0 Å².